The molecule has 5 rings (SSSR count). The average Bonchev–Trinajstić information content (AvgIpc) is 3.36. The van der Waals surface area contributed by atoms with Crippen molar-refractivity contribution in [2.75, 3.05) is 20.8 Å². The molecule has 2 heterocycles. The molecule has 1 N–H and O–H groups in total. The molecule has 3 aromatic carbocycles. The zero-order valence-corrected chi connectivity index (χ0v) is 23.7. The van der Waals surface area contributed by atoms with Crippen LogP contribution in [0.2, 0.25) is 0 Å². The standard InChI is InChI=1S/C33H29FN4O5/c1-41-13-12-38-30-16-24(33(39)40)10-11-29(30)36-31(38)17-22-8-9-23(15-26(22)19-42-2)28-4-3-5-32(37-28)43-20-25-7-6-21(18-35)14-27(25)34/h3-11,14-16H,12-13,17,19-20H2,1-2H3,(H,39,40). The summed E-state index contributed by atoms with van der Waals surface area (Å²) >= 11 is 0. The number of carboxylic acid groups (broad SMARTS) is 1. The van der Waals surface area contributed by atoms with E-state index in [0.29, 0.717) is 48.8 Å². The van der Waals surface area contributed by atoms with Gasteiger partial charge in [-0.15, -0.1) is 0 Å². The van der Waals surface area contributed by atoms with Crippen LogP contribution < -0.4 is 4.74 Å². The van der Waals surface area contributed by atoms with Crippen LogP contribution in [0.5, 0.6) is 5.88 Å². The summed E-state index contributed by atoms with van der Waals surface area (Å²) in [6.07, 6.45) is 0.493. The van der Waals surface area contributed by atoms with Crippen molar-refractivity contribution in [2.24, 2.45) is 0 Å². The van der Waals surface area contributed by atoms with Gasteiger partial charge in [0, 0.05) is 44.4 Å². The zero-order valence-electron chi connectivity index (χ0n) is 23.7. The van der Waals surface area contributed by atoms with Crippen LogP contribution >= 0.6 is 0 Å². The molecule has 0 radical (unpaired) electrons. The molecule has 0 fully saturated rings. The highest BCUT2D eigenvalue weighted by Crippen LogP contribution is 2.27. The van der Waals surface area contributed by atoms with Gasteiger partial charge in [-0.25, -0.2) is 19.2 Å². The molecule has 0 aliphatic carbocycles. The fourth-order valence-electron chi connectivity index (χ4n) is 4.83. The third-order valence-corrected chi connectivity index (χ3v) is 7.02. The van der Waals surface area contributed by atoms with Crippen molar-refractivity contribution in [3.63, 3.8) is 0 Å². The van der Waals surface area contributed by atoms with Gasteiger partial charge in [0.25, 0.3) is 0 Å². The van der Waals surface area contributed by atoms with Gasteiger partial charge in [0.15, 0.2) is 0 Å². The van der Waals surface area contributed by atoms with Gasteiger partial charge in [-0.05, 0) is 53.6 Å². The molecule has 0 spiro atoms. The Kier molecular flexibility index (Phi) is 9.05. The molecule has 0 amide bonds. The smallest absolute Gasteiger partial charge is 0.335 e. The van der Waals surface area contributed by atoms with Gasteiger partial charge < -0.3 is 23.9 Å². The molecule has 0 aliphatic heterocycles. The number of carboxylic acids is 1. The molecule has 0 aliphatic rings. The second-order valence-corrected chi connectivity index (χ2v) is 9.84. The Morgan fingerprint density at radius 1 is 0.953 bits per heavy atom. The zero-order chi connectivity index (χ0) is 30.3. The van der Waals surface area contributed by atoms with E-state index in [4.69, 9.17) is 24.5 Å². The lowest BCUT2D eigenvalue weighted by Crippen LogP contribution is -2.10. The number of fused-ring (bicyclic) bond motifs is 1. The lowest BCUT2D eigenvalue weighted by Gasteiger charge is -2.14. The highest BCUT2D eigenvalue weighted by molar-refractivity contribution is 5.92. The van der Waals surface area contributed by atoms with Crippen LogP contribution in [0, 0.1) is 17.1 Å². The van der Waals surface area contributed by atoms with Crippen LogP contribution in [0.1, 0.15) is 38.4 Å². The number of aromatic carboxylic acids is 1. The summed E-state index contributed by atoms with van der Waals surface area (Å²) in [7, 11) is 3.25. The molecular formula is C33H29FN4O5. The Labute approximate surface area is 247 Å². The first-order valence-corrected chi connectivity index (χ1v) is 13.5. The Hall–Kier alpha value is -5.11. The van der Waals surface area contributed by atoms with Gasteiger partial charge in [-0.1, -0.05) is 24.3 Å². The van der Waals surface area contributed by atoms with Gasteiger partial charge in [-0.2, -0.15) is 5.26 Å². The molecule has 9 nitrogen and oxygen atoms in total. The first-order valence-electron chi connectivity index (χ1n) is 13.5. The maximum atomic E-state index is 14.3. The predicted molar refractivity (Wildman–Crippen MR) is 157 cm³/mol. The molecule has 218 valence electrons. The average molecular weight is 581 g/mol. The van der Waals surface area contributed by atoms with E-state index in [2.05, 4.69) is 4.98 Å². The summed E-state index contributed by atoms with van der Waals surface area (Å²) in [6, 6.07) is 22.5. The van der Waals surface area contributed by atoms with E-state index in [1.807, 2.05) is 41.0 Å². The number of hydrogen-bond donors (Lipinski definition) is 1. The maximum Gasteiger partial charge on any atom is 0.335 e. The minimum absolute atomic E-state index is 0.0279. The van der Waals surface area contributed by atoms with Crippen LogP contribution in [0.15, 0.2) is 72.8 Å². The summed E-state index contributed by atoms with van der Waals surface area (Å²) < 4.78 is 32.9. The second-order valence-electron chi connectivity index (χ2n) is 9.84. The van der Waals surface area contributed by atoms with E-state index < -0.39 is 11.8 Å². The number of imidazole rings is 1. The quantitative estimate of drug-likeness (QED) is 0.198. The SMILES string of the molecule is COCCn1c(Cc2ccc(-c3cccc(OCc4ccc(C#N)cc4F)n3)cc2COC)nc2ccc(C(=O)O)cc21. The summed E-state index contributed by atoms with van der Waals surface area (Å²) in [4.78, 5) is 21.0. The van der Waals surface area contributed by atoms with Gasteiger partial charge in [0.05, 0.1) is 47.1 Å². The number of benzene rings is 3. The van der Waals surface area contributed by atoms with Crippen molar-refractivity contribution in [3.8, 4) is 23.2 Å². The number of nitrogens with zero attached hydrogens (tertiary/aromatic N) is 4. The number of methoxy groups -OCH3 is 2. The number of aromatic nitrogens is 3. The van der Waals surface area contributed by atoms with Crippen molar-refractivity contribution in [1.29, 1.82) is 5.26 Å². The molecule has 0 atom stereocenters. The Bertz CT molecular complexity index is 1830. The Morgan fingerprint density at radius 2 is 1.79 bits per heavy atom. The minimum atomic E-state index is -0.995. The van der Waals surface area contributed by atoms with E-state index in [1.54, 1.807) is 44.6 Å². The van der Waals surface area contributed by atoms with Crippen LogP contribution in [-0.2, 0) is 35.7 Å². The molecular weight excluding hydrogens is 551 g/mol. The molecule has 10 heteroatoms. The second kappa shape index (κ2) is 13.2. The number of ether oxygens (including phenoxy) is 3. The first-order chi connectivity index (χ1) is 20.9. The van der Waals surface area contributed by atoms with Crippen molar-refractivity contribution in [3.05, 3.63) is 112 Å². The predicted octanol–water partition coefficient (Wildman–Crippen LogP) is 5.77. The molecule has 2 aromatic heterocycles. The van der Waals surface area contributed by atoms with Gasteiger partial charge in [0.2, 0.25) is 5.88 Å². The minimum Gasteiger partial charge on any atom is -0.478 e. The van der Waals surface area contributed by atoms with Crippen LogP contribution in [0.3, 0.4) is 0 Å². The number of hydrogen-bond acceptors (Lipinski definition) is 7. The largest absolute Gasteiger partial charge is 0.478 e. The normalized spacial score (nSPS) is 11.0. The molecule has 5 aromatic rings. The van der Waals surface area contributed by atoms with Crippen LogP contribution in [0.4, 0.5) is 4.39 Å². The van der Waals surface area contributed by atoms with E-state index in [0.717, 1.165) is 28.0 Å². The van der Waals surface area contributed by atoms with Gasteiger partial charge >= 0.3 is 5.97 Å². The van der Waals surface area contributed by atoms with Crippen LogP contribution in [0.25, 0.3) is 22.3 Å². The highest BCUT2D eigenvalue weighted by atomic mass is 19.1. The summed E-state index contributed by atoms with van der Waals surface area (Å²) in [5, 5.41) is 18.4. The van der Waals surface area contributed by atoms with Crippen molar-refractivity contribution in [1.82, 2.24) is 14.5 Å². The number of rotatable bonds is 12. The lowest BCUT2D eigenvalue weighted by atomic mass is 9.99. The monoisotopic (exact) mass is 580 g/mol. The Morgan fingerprint density at radius 3 is 2.53 bits per heavy atom. The van der Waals surface area contributed by atoms with Crippen molar-refractivity contribution in [2.45, 2.75) is 26.2 Å². The first kappa shape index (κ1) is 29.4. The summed E-state index contributed by atoms with van der Waals surface area (Å²) in [5.74, 6) is -0.382. The number of pyridine rings is 1. The number of nitriles is 1. The summed E-state index contributed by atoms with van der Waals surface area (Å²) in [6.45, 7) is 1.30. The van der Waals surface area contributed by atoms with Gasteiger partial charge in [0.1, 0.15) is 18.2 Å². The van der Waals surface area contributed by atoms with Gasteiger partial charge in [-0.3, -0.25) is 0 Å². The van der Waals surface area contributed by atoms with Crippen LogP contribution in [-0.4, -0.2) is 46.4 Å². The third-order valence-electron chi connectivity index (χ3n) is 7.02. The maximum absolute atomic E-state index is 14.3. The molecule has 43 heavy (non-hydrogen) atoms. The van der Waals surface area contributed by atoms with E-state index >= 15 is 0 Å². The van der Waals surface area contributed by atoms with E-state index in [9.17, 15) is 14.3 Å². The van der Waals surface area contributed by atoms with E-state index in [1.165, 1.54) is 12.1 Å². The number of carbonyl (C=O) groups is 1. The molecule has 0 unspecified atom stereocenters. The molecule has 0 saturated heterocycles. The van der Waals surface area contributed by atoms with E-state index in [-0.39, 0.29) is 17.7 Å². The fourth-order valence-corrected chi connectivity index (χ4v) is 4.83. The van der Waals surface area contributed by atoms with Crippen molar-refractivity contribution >= 4 is 17.0 Å². The highest BCUT2D eigenvalue weighted by Gasteiger charge is 2.16. The molecule has 0 bridgehead atoms. The molecule has 0 saturated carbocycles. The number of halogens is 1. The summed E-state index contributed by atoms with van der Waals surface area (Å²) in [5.41, 5.74) is 5.69. The Balaban J connectivity index is 1.41. The lowest BCUT2D eigenvalue weighted by molar-refractivity contribution is 0.0697. The fraction of sp³-hybridized carbons (Fsp3) is 0.212. The van der Waals surface area contributed by atoms with Crippen molar-refractivity contribution < 1.29 is 28.5 Å². The topological polar surface area (TPSA) is 119 Å². The third kappa shape index (κ3) is 6.70.